The minimum Gasteiger partial charge on any atom is -0.375 e. The number of nitrogens with two attached hydrogens (primary N) is 1. The molecule has 0 atom stereocenters. The van der Waals surface area contributed by atoms with Gasteiger partial charge in [-0.25, -0.2) is 4.98 Å². The van der Waals surface area contributed by atoms with Crippen LogP contribution in [0.1, 0.15) is 36.9 Å². The van der Waals surface area contributed by atoms with Crippen molar-refractivity contribution in [3.8, 4) is 0 Å². The number of anilines is 1. The third-order valence-corrected chi connectivity index (χ3v) is 3.52. The Hall–Kier alpha value is -0.870. The van der Waals surface area contributed by atoms with E-state index < -0.39 is 0 Å². The van der Waals surface area contributed by atoms with Gasteiger partial charge in [-0.15, -0.1) is 28.3 Å². The van der Waals surface area contributed by atoms with Crippen molar-refractivity contribution in [3.05, 3.63) is 46.5 Å². The van der Waals surface area contributed by atoms with E-state index in [2.05, 4.69) is 50.0 Å². The predicted molar refractivity (Wildman–Crippen MR) is 84.8 cm³/mol. The first-order valence-electron chi connectivity index (χ1n) is 5.76. The first kappa shape index (κ1) is 15.2. The summed E-state index contributed by atoms with van der Waals surface area (Å²) < 4.78 is 0. The van der Waals surface area contributed by atoms with Crippen LogP contribution in [0.2, 0.25) is 0 Å². The quantitative estimate of drug-likeness (QED) is 0.898. The summed E-state index contributed by atoms with van der Waals surface area (Å²) in [6.45, 7) is 6.53. The summed E-state index contributed by atoms with van der Waals surface area (Å²) in [5.41, 5.74) is 8.33. The van der Waals surface area contributed by atoms with Crippen molar-refractivity contribution in [2.45, 2.75) is 32.6 Å². The molecule has 2 aromatic rings. The van der Waals surface area contributed by atoms with Gasteiger partial charge < -0.3 is 5.73 Å². The van der Waals surface area contributed by atoms with Gasteiger partial charge in [0.05, 0.1) is 5.69 Å². The Morgan fingerprint density at radius 2 is 1.78 bits per heavy atom. The third-order valence-electron chi connectivity index (χ3n) is 2.63. The maximum atomic E-state index is 5.84. The van der Waals surface area contributed by atoms with E-state index in [9.17, 15) is 0 Å². The Kier molecular flexibility index (Phi) is 4.93. The van der Waals surface area contributed by atoms with Gasteiger partial charge >= 0.3 is 0 Å². The van der Waals surface area contributed by atoms with Crippen LogP contribution < -0.4 is 5.73 Å². The van der Waals surface area contributed by atoms with Gasteiger partial charge in [-0.2, -0.15) is 0 Å². The summed E-state index contributed by atoms with van der Waals surface area (Å²) in [6, 6.07) is 10.5. The summed E-state index contributed by atoms with van der Waals surface area (Å²) >= 11 is 1.60. The number of nitrogens with zero attached hydrogens (tertiary/aromatic N) is 1. The van der Waals surface area contributed by atoms with E-state index >= 15 is 0 Å². The Balaban J connectivity index is 0.00000162. The number of hydrogen-bond acceptors (Lipinski definition) is 3. The highest BCUT2D eigenvalue weighted by Gasteiger charge is 2.22. The molecule has 0 aliphatic carbocycles. The standard InChI is InChI=1S/C14H18N2S.BrH/c1-14(2,3)12-11(17-13(15)16-12)9-10-7-5-4-6-8-10;/h4-8H,9H2,1-3H3,(H2,15,16);1H. The Bertz CT molecular complexity index is 500. The molecule has 0 unspecified atom stereocenters. The van der Waals surface area contributed by atoms with E-state index in [1.807, 2.05) is 6.07 Å². The van der Waals surface area contributed by atoms with Crippen LogP contribution >= 0.6 is 28.3 Å². The lowest BCUT2D eigenvalue weighted by Crippen LogP contribution is -2.14. The number of benzene rings is 1. The number of hydrogen-bond donors (Lipinski definition) is 1. The van der Waals surface area contributed by atoms with E-state index in [4.69, 9.17) is 5.73 Å². The maximum absolute atomic E-state index is 5.84. The number of thiazole rings is 1. The van der Waals surface area contributed by atoms with E-state index in [0.717, 1.165) is 12.1 Å². The van der Waals surface area contributed by atoms with Gasteiger partial charge in [0.1, 0.15) is 0 Å². The maximum Gasteiger partial charge on any atom is 0.180 e. The van der Waals surface area contributed by atoms with Crippen LogP contribution in [0, 0.1) is 0 Å². The lowest BCUT2D eigenvalue weighted by atomic mass is 9.90. The largest absolute Gasteiger partial charge is 0.375 e. The van der Waals surface area contributed by atoms with Gasteiger partial charge in [-0.3, -0.25) is 0 Å². The van der Waals surface area contributed by atoms with Crippen molar-refractivity contribution in [2.24, 2.45) is 0 Å². The van der Waals surface area contributed by atoms with E-state index in [0.29, 0.717) is 5.13 Å². The van der Waals surface area contributed by atoms with Gasteiger partial charge in [0, 0.05) is 16.7 Å². The van der Waals surface area contributed by atoms with Crippen molar-refractivity contribution < 1.29 is 0 Å². The van der Waals surface area contributed by atoms with Gasteiger partial charge in [0.25, 0.3) is 0 Å². The molecule has 0 saturated heterocycles. The van der Waals surface area contributed by atoms with Crippen molar-refractivity contribution in [1.82, 2.24) is 4.98 Å². The molecular formula is C14H19BrN2S. The van der Waals surface area contributed by atoms with Crippen LogP contribution in [0.5, 0.6) is 0 Å². The predicted octanol–water partition coefficient (Wildman–Crippen LogP) is 4.19. The molecule has 0 saturated carbocycles. The normalized spacial score (nSPS) is 11.1. The number of rotatable bonds is 2. The van der Waals surface area contributed by atoms with E-state index in [-0.39, 0.29) is 22.4 Å². The second-order valence-electron chi connectivity index (χ2n) is 5.24. The molecule has 0 aliphatic heterocycles. The lowest BCUT2D eigenvalue weighted by molar-refractivity contribution is 0.568. The highest BCUT2D eigenvalue weighted by Crippen LogP contribution is 2.32. The molecule has 0 aliphatic rings. The third kappa shape index (κ3) is 3.56. The second-order valence-corrected chi connectivity index (χ2v) is 6.35. The van der Waals surface area contributed by atoms with Crippen molar-refractivity contribution in [1.29, 1.82) is 0 Å². The van der Waals surface area contributed by atoms with Crippen LogP contribution in [0.25, 0.3) is 0 Å². The van der Waals surface area contributed by atoms with Crippen LogP contribution in [0.15, 0.2) is 30.3 Å². The number of halogens is 1. The van der Waals surface area contributed by atoms with Crippen LogP contribution in [0.4, 0.5) is 5.13 Å². The SMILES string of the molecule is Br.CC(C)(C)c1nc(N)sc1Cc1ccccc1. The molecule has 0 amide bonds. The van der Waals surface area contributed by atoms with Gasteiger partial charge in [0.15, 0.2) is 5.13 Å². The molecule has 0 fully saturated rings. The minimum absolute atomic E-state index is 0. The smallest absolute Gasteiger partial charge is 0.180 e. The average molecular weight is 327 g/mol. The molecule has 0 spiro atoms. The second kappa shape index (κ2) is 5.85. The van der Waals surface area contributed by atoms with E-state index in [1.165, 1.54) is 10.4 Å². The summed E-state index contributed by atoms with van der Waals surface area (Å²) in [6.07, 6.45) is 0.919. The molecular weight excluding hydrogens is 308 g/mol. The Morgan fingerprint density at radius 3 is 2.33 bits per heavy atom. The highest BCUT2D eigenvalue weighted by atomic mass is 79.9. The topological polar surface area (TPSA) is 38.9 Å². The molecule has 0 bridgehead atoms. The van der Waals surface area contributed by atoms with Crippen LogP contribution in [-0.2, 0) is 11.8 Å². The zero-order chi connectivity index (χ0) is 12.5. The molecule has 2 rings (SSSR count). The first-order valence-corrected chi connectivity index (χ1v) is 6.58. The fraction of sp³-hybridized carbons (Fsp3) is 0.357. The molecule has 1 aromatic carbocycles. The fourth-order valence-electron chi connectivity index (χ4n) is 1.86. The van der Waals surface area contributed by atoms with Crippen LogP contribution in [0.3, 0.4) is 0 Å². The summed E-state index contributed by atoms with van der Waals surface area (Å²) in [7, 11) is 0. The number of aromatic nitrogens is 1. The lowest BCUT2D eigenvalue weighted by Gasteiger charge is -2.17. The number of nitrogen functional groups attached to an aromatic ring is 1. The Labute approximate surface area is 123 Å². The molecule has 2 nitrogen and oxygen atoms in total. The molecule has 1 aromatic heterocycles. The van der Waals surface area contributed by atoms with Crippen molar-refractivity contribution in [3.63, 3.8) is 0 Å². The van der Waals surface area contributed by atoms with Crippen molar-refractivity contribution >= 4 is 33.4 Å². The molecule has 2 N–H and O–H groups in total. The van der Waals surface area contributed by atoms with E-state index in [1.54, 1.807) is 11.3 Å². The average Bonchev–Trinajstić information content (AvgIpc) is 2.60. The monoisotopic (exact) mass is 326 g/mol. The minimum atomic E-state index is 0. The fourth-order valence-corrected chi connectivity index (χ4v) is 2.93. The first-order chi connectivity index (χ1) is 7.97. The highest BCUT2D eigenvalue weighted by molar-refractivity contribution is 8.93. The van der Waals surface area contributed by atoms with Gasteiger partial charge in [-0.05, 0) is 5.56 Å². The molecule has 0 radical (unpaired) electrons. The van der Waals surface area contributed by atoms with Crippen molar-refractivity contribution in [2.75, 3.05) is 5.73 Å². The summed E-state index contributed by atoms with van der Waals surface area (Å²) in [4.78, 5) is 5.75. The van der Waals surface area contributed by atoms with Crippen LogP contribution in [-0.4, -0.2) is 4.98 Å². The summed E-state index contributed by atoms with van der Waals surface area (Å²) in [5.74, 6) is 0. The molecule has 98 valence electrons. The Morgan fingerprint density at radius 1 is 1.17 bits per heavy atom. The summed E-state index contributed by atoms with van der Waals surface area (Å²) in [5, 5.41) is 0.667. The zero-order valence-electron chi connectivity index (χ0n) is 10.9. The van der Waals surface area contributed by atoms with Gasteiger partial charge in [0.2, 0.25) is 0 Å². The zero-order valence-corrected chi connectivity index (χ0v) is 13.5. The molecule has 18 heavy (non-hydrogen) atoms. The van der Waals surface area contributed by atoms with Gasteiger partial charge in [-0.1, -0.05) is 51.1 Å². The molecule has 4 heteroatoms. The molecule has 1 heterocycles.